The number of halogens is 1. The summed E-state index contributed by atoms with van der Waals surface area (Å²) in [5.41, 5.74) is 0.628. The van der Waals surface area contributed by atoms with Gasteiger partial charge in [0.1, 0.15) is 17.2 Å². The molecular weight excluding hydrogens is 322 g/mol. The monoisotopic (exact) mass is 341 g/mol. The first-order valence-electron chi connectivity index (χ1n) is 7.11. The molecule has 0 saturated carbocycles. The number of rotatable bonds is 7. The summed E-state index contributed by atoms with van der Waals surface area (Å²) in [4.78, 5) is 38.7. The van der Waals surface area contributed by atoms with Gasteiger partial charge in [-0.3, -0.25) is 9.59 Å². The fourth-order valence-electron chi connectivity index (χ4n) is 1.98. The average Bonchev–Trinajstić information content (AvgIpc) is 2.45. The summed E-state index contributed by atoms with van der Waals surface area (Å²) in [7, 11) is 0. The van der Waals surface area contributed by atoms with Crippen LogP contribution in [0.25, 0.3) is 0 Å². The van der Waals surface area contributed by atoms with Crippen LogP contribution in [0.4, 0.5) is 0 Å². The highest BCUT2D eigenvalue weighted by atomic mass is 35.5. The topological polar surface area (TPSA) is 108 Å². The highest BCUT2D eigenvalue weighted by molar-refractivity contribution is 6.29. The van der Waals surface area contributed by atoms with E-state index in [2.05, 4.69) is 15.6 Å². The van der Waals surface area contributed by atoms with Crippen LogP contribution in [0.15, 0.2) is 18.3 Å². The van der Waals surface area contributed by atoms with E-state index >= 15 is 0 Å². The zero-order chi connectivity index (χ0) is 17.6. The number of amides is 2. The van der Waals surface area contributed by atoms with Crippen molar-refractivity contribution in [2.24, 2.45) is 5.92 Å². The second-order valence-electron chi connectivity index (χ2n) is 5.51. The molecule has 0 unspecified atom stereocenters. The Labute approximate surface area is 139 Å². The number of carboxylic acid groups (broad SMARTS) is 1. The van der Waals surface area contributed by atoms with Gasteiger partial charge >= 0.3 is 5.97 Å². The minimum atomic E-state index is -1.17. The van der Waals surface area contributed by atoms with Gasteiger partial charge in [-0.2, -0.15) is 0 Å². The summed E-state index contributed by atoms with van der Waals surface area (Å²) >= 11 is 5.68. The van der Waals surface area contributed by atoms with Crippen LogP contribution in [0.1, 0.15) is 26.3 Å². The number of aromatic nitrogens is 1. The Hall–Kier alpha value is -2.15. The van der Waals surface area contributed by atoms with Gasteiger partial charge in [-0.15, -0.1) is 0 Å². The molecule has 0 spiro atoms. The molecule has 0 fully saturated rings. The normalized spacial score (nSPS) is 13.3. The SMILES string of the molecule is CC(=O)N[C@@H](C(=O)N[C@H](Cc1ccc(Cl)nc1)C(=O)O)C(C)C. The predicted molar refractivity (Wildman–Crippen MR) is 85.0 cm³/mol. The van der Waals surface area contributed by atoms with E-state index in [-0.39, 0.29) is 18.2 Å². The molecule has 2 amide bonds. The molecule has 1 rings (SSSR count). The minimum absolute atomic E-state index is 0.0656. The molecule has 0 bridgehead atoms. The molecule has 23 heavy (non-hydrogen) atoms. The van der Waals surface area contributed by atoms with Gasteiger partial charge in [0.2, 0.25) is 11.8 Å². The van der Waals surface area contributed by atoms with Gasteiger partial charge in [0.25, 0.3) is 0 Å². The van der Waals surface area contributed by atoms with Gasteiger partial charge in [0, 0.05) is 19.5 Å². The molecule has 3 N–H and O–H groups in total. The number of hydrogen-bond acceptors (Lipinski definition) is 4. The highest BCUT2D eigenvalue weighted by Gasteiger charge is 2.28. The number of carbonyl (C=O) groups excluding carboxylic acids is 2. The van der Waals surface area contributed by atoms with E-state index in [1.54, 1.807) is 26.0 Å². The largest absolute Gasteiger partial charge is 0.480 e. The number of nitrogens with zero attached hydrogens (tertiary/aromatic N) is 1. The van der Waals surface area contributed by atoms with Crippen LogP contribution in [0.3, 0.4) is 0 Å². The van der Waals surface area contributed by atoms with Gasteiger partial charge in [0.15, 0.2) is 0 Å². The summed E-state index contributed by atoms with van der Waals surface area (Å²) in [6, 6.07) is 1.27. The van der Waals surface area contributed by atoms with Gasteiger partial charge in [0.05, 0.1) is 0 Å². The molecule has 0 radical (unpaired) electrons. The van der Waals surface area contributed by atoms with Crippen molar-refractivity contribution in [3.8, 4) is 0 Å². The first kappa shape index (κ1) is 18.9. The van der Waals surface area contributed by atoms with Crippen LogP contribution in [-0.2, 0) is 20.8 Å². The zero-order valence-electron chi connectivity index (χ0n) is 13.2. The Morgan fingerprint density at radius 1 is 1.26 bits per heavy atom. The molecule has 0 aliphatic heterocycles. The number of pyridine rings is 1. The standard InChI is InChI=1S/C15H20ClN3O4/c1-8(2)13(18-9(3)20)14(21)19-11(15(22)23)6-10-4-5-12(16)17-7-10/h4-5,7-8,11,13H,6H2,1-3H3,(H,18,20)(H,19,21)(H,22,23)/t11-,13-/m1/s1. The van der Waals surface area contributed by atoms with Crippen molar-refractivity contribution in [2.45, 2.75) is 39.3 Å². The summed E-state index contributed by atoms with van der Waals surface area (Å²) < 4.78 is 0. The van der Waals surface area contributed by atoms with Crippen LogP contribution in [-0.4, -0.2) is 40.0 Å². The Morgan fingerprint density at radius 2 is 1.91 bits per heavy atom. The predicted octanol–water partition coefficient (Wildman–Crippen LogP) is 1.01. The number of aliphatic carboxylic acids is 1. The van der Waals surface area contributed by atoms with E-state index in [0.717, 1.165) is 0 Å². The fourth-order valence-corrected chi connectivity index (χ4v) is 2.09. The molecule has 1 heterocycles. The lowest BCUT2D eigenvalue weighted by molar-refractivity contribution is -0.142. The second-order valence-corrected chi connectivity index (χ2v) is 5.90. The summed E-state index contributed by atoms with van der Waals surface area (Å²) in [6.07, 6.45) is 1.52. The molecule has 0 aliphatic carbocycles. The Morgan fingerprint density at radius 3 is 2.35 bits per heavy atom. The van der Waals surface area contributed by atoms with Gasteiger partial charge in [-0.05, 0) is 17.5 Å². The minimum Gasteiger partial charge on any atom is -0.480 e. The van der Waals surface area contributed by atoms with E-state index in [1.807, 2.05) is 0 Å². The van der Waals surface area contributed by atoms with Crippen molar-refractivity contribution >= 4 is 29.4 Å². The van der Waals surface area contributed by atoms with Gasteiger partial charge < -0.3 is 15.7 Å². The molecule has 126 valence electrons. The van der Waals surface area contributed by atoms with E-state index in [4.69, 9.17) is 11.6 Å². The molecule has 0 aliphatic rings. The average molecular weight is 342 g/mol. The molecular formula is C15H20ClN3O4. The van der Waals surface area contributed by atoms with Crippen LogP contribution in [0.5, 0.6) is 0 Å². The van der Waals surface area contributed by atoms with E-state index in [9.17, 15) is 19.5 Å². The Kier molecular flexibility index (Phi) is 6.96. The quantitative estimate of drug-likeness (QED) is 0.641. The Balaban J connectivity index is 2.81. The number of nitrogens with one attached hydrogen (secondary N) is 2. The van der Waals surface area contributed by atoms with Crippen molar-refractivity contribution in [2.75, 3.05) is 0 Å². The lowest BCUT2D eigenvalue weighted by Gasteiger charge is -2.23. The molecule has 2 atom stereocenters. The van der Waals surface area contributed by atoms with Crippen molar-refractivity contribution in [1.82, 2.24) is 15.6 Å². The maximum Gasteiger partial charge on any atom is 0.326 e. The lowest BCUT2D eigenvalue weighted by atomic mass is 10.0. The molecule has 1 aromatic heterocycles. The third kappa shape index (κ3) is 6.23. The molecule has 7 nitrogen and oxygen atoms in total. The summed E-state index contributed by atoms with van der Waals surface area (Å²) in [5.74, 6) is -2.23. The zero-order valence-corrected chi connectivity index (χ0v) is 13.9. The van der Waals surface area contributed by atoms with E-state index in [1.165, 1.54) is 13.1 Å². The molecule has 1 aromatic rings. The van der Waals surface area contributed by atoms with E-state index in [0.29, 0.717) is 10.7 Å². The summed E-state index contributed by atoms with van der Waals surface area (Å²) in [5, 5.41) is 14.6. The van der Waals surface area contributed by atoms with Crippen molar-refractivity contribution < 1.29 is 19.5 Å². The van der Waals surface area contributed by atoms with Crippen LogP contribution < -0.4 is 10.6 Å². The second kappa shape index (κ2) is 8.47. The van der Waals surface area contributed by atoms with Gasteiger partial charge in [-0.25, -0.2) is 9.78 Å². The lowest BCUT2D eigenvalue weighted by Crippen LogP contribution is -2.53. The fraction of sp³-hybridized carbons (Fsp3) is 0.467. The van der Waals surface area contributed by atoms with E-state index < -0.39 is 24.0 Å². The smallest absolute Gasteiger partial charge is 0.326 e. The number of hydrogen-bond donors (Lipinski definition) is 3. The third-order valence-corrected chi connectivity index (χ3v) is 3.37. The molecule has 0 aromatic carbocycles. The van der Waals surface area contributed by atoms with Gasteiger partial charge in [-0.1, -0.05) is 31.5 Å². The summed E-state index contributed by atoms with van der Waals surface area (Å²) in [6.45, 7) is 4.83. The van der Waals surface area contributed by atoms with Crippen LogP contribution in [0.2, 0.25) is 5.15 Å². The Bertz CT molecular complexity index is 575. The van der Waals surface area contributed by atoms with Crippen LogP contribution >= 0.6 is 11.6 Å². The maximum atomic E-state index is 12.3. The van der Waals surface area contributed by atoms with Crippen molar-refractivity contribution in [3.05, 3.63) is 29.0 Å². The van der Waals surface area contributed by atoms with Crippen LogP contribution in [0, 0.1) is 5.92 Å². The molecule has 8 heteroatoms. The molecule has 0 saturated heterocycles. The maximum absolute atomic E-state index is 12.3. The first-order chi connectivity index (χ1) is 10.7. The third-order valence-electron chi connectivity index (χ3n) is 3.15. The first-order valence-corrected chi connectivity index (χ1v) is 7.49. The van der Waals surface area contributed by atoms with Crippen molar-refractivity contribution in [3.63, 3.8) is 0 Å². The highest BCUT2D eigenvalue weighted by Crippen LogP contribution is 2.09. The van der Waals surface area contributed by atoms with Crippen molar-refractivity contribution in [1.29, 1.82) is 0 Å². The number of carboxylic acids is 1. The number of carbonyl (C=O) groups is 3.